The van der Waals surface area contributed by atoms with Crippen molar-refractivity contribution in [2.75, 3.05) is 23.9 Å². The molecule has 2 nitrogen and oxygen atoms in total. The molecule has 2 rings (SSSR count). The monoisotopic (exact) mass is 491 g/mol. The summed E-state index contributed by atoms with van der Waals surface area (Å²) >= 11 is 5.28. The van der Waals surface area contributed by atoms with E-state index < -0.39 is 6.43 Å². The molecule has 1 atom stereocenters. The lowest BCUT2D eigenvalue weighted by Crippen LogP contribution is -2.25. The number of rotatable bonds is 9. The van der Waals surface area contributed by atoms with Gasteiger partial charge in [0, 0.05) is 30.3 Å². The minimum Gasteiger partial charge on any atom is -0.371 e. The Morgan fingerprint density at radius 2 is 1.52 bits per heavy atom. The van der Waals surface area contributed by atoms with E-state index in [4.69, 9.17) is 11.6 Å². The van der Waals surface area contributed by atoms with Gasteiger partial charge in [-0.25, -0.2) is 8.78 Å². The first-order chi connectivity index (χ1) is 15.7. The molecule has 0 aromatic heterocycles. The third-order valence-corrected chi connectivity index (χ3v) is 5.33. The first-order valence-corrected chi connectivity index (χ1v) is 13.5. The molecule has 0 radical (unpaired) electrons. The minimum absolute atomic E-state index is 0.146. The van der Waals surface area contributed by atoms with Gasteiger partial charge in [-0.15, -0.1) is 11.6 Å². The second kappa shape index (κ2) is 24.0. The first-order valence-electron chi connectivity index (χ1n) is 12.9. The average molecular weight is 492 g/mol. The molecular weight excluding hydrogens is 440 g/mol. The molecule has 0 N–H and O–H groups in total. The van der Waals surface area contributed by atoms with Gasteiger partial charge < -0.3 is 4.90 Å². The van der Waals surface area contributed by atoms with Gasteiger partial charge >= 0.3 is 0 Å². The highest BCUT2D eigenvalue weighted by Gasteiger charge is 2.15. The zero-order valence-electron chi connectivity index (χ0n) is 23.1. The summed E-state index contributed by atoms with van der Waals surface area (Å²) in [4.78, 5) is 12.8. The maximum absolute atomic E-state index is 12.8. The Balaban J connectivity index is -0.000000463. The van der Waals surface area contributed by atoms with E-state index >= 15 is 0 Å². The molecule has 1 aliphatic rings. The maximum Gasteiger partial charge on any atom is 0.264 e. The van der Waals surface area contributed by atoms with Gasteiger partial charge in [0.05, 0.1) is 5.88 Å². The van der Waals surface area contributed by atoms with Crippen LogP contribution in [0, 0.1) is 18.8 Å². The third-order valence-electron chi connectivity index (χ3n) is 5.07. The summed E-state index contributed by atoms with van der Waals surface area (Å²) in [6.45, 7) is 22.0. The van der Waals surface area contributed by atoms with Crippen molar-refractivity contribution in [1.29, 1.82) is 0 Å². The predicted octanol–water partition coefficient (Wildman–Crippen LogP) is 9.87. The molecule has 0 spiro atoms. The van der Waals surface area contributed by atoms with Crippen LogP contribution in [0.15, 0.2) is 18.2 Å². The van der Waals surface area contributed by atoms with Crippen LogP contribution in [-0.4, -0.2) is 24.8 Å². The van der Waals surface area contributed by atoms with Gasteiger partial charge in [0.15, 0.2) is 0 Å². The fourth-order valence-electron chi connectivity index (χ4n) is 2.64. The standard InChI is InChI=1S/C14H21F2N.C6H11ClO.C4H8.2C2H6/c1-4-9-17(10-5-2)13-8-6-7-12(11(13)3)14(15)16;1-3-5(2)6(8)4-7;1-4-2-3-4;2*1-2/h6-8,14H,4-5,9-10H2,1-3H3;5H,3-4H2,1-2H3;4H,2-3H2,1H3;2*1-2H3. The molecule has 0 bridgehead atoms. The van der Waals surface area contributed by atoms with Crippen molar-refractivity contribution < 1.29 is 13.6 Å². The average Bonchev–Trinajstić information content (AvgIpc) is 3.63. The van der Waals surface area contributed by atoms with E-state index in [1.54, 1.807) is 13.0 Å². The van der Waals surface area contributed by atoms with Gasteiger partial charge in [0.1, 0.15) is 5.78 Å². The van der Waals surface area contributed by atoms with Crippen molar-refractivity contribution in [3.8, 4) is 0 Å². The highest BCUT2D eigenvalue weighted by molar-refractivity contribution is 6.27. The number of ketones is 1. The molecule has 196 valence electrons. The summed E-state index contributed by atoms with van der Waals surface area (Å²) in [7, 11) is 0. The Morgan fingerprint density at radius 3 is 1.79 bits per heavy atom. The number of anilines is 1. The van der Waals surface area contributed by atoms with E-state index in [-0.39, 0.29) is 23.1 Å². The highest BCUT2D eigenvalue weighted by atomic mass is 35.5. The number of carbonyl (C=O) groups excluding carboxylic acids is 1. The molecule has 1 unspecified atom stereocenters. The molecule has 1 fully saturated rings. The Bertz CT molecular complexity index is 571. The van der Waals surface area contributed by atoms with Crippen LogP contribution in [-0.2, 0) is 4.79 Å². The number of halogens is 3. The first kappa shape index (κ1) is 36.4. The van der Waals surface area contributed by atoms with Crippen molar-refractivity contribution in [2.45, 2.75) is 108 Å². The van der Waals surface area contributed by atoms with Crippen molar-refractivity contribution >= 4 is 23.1 Å². The SMILES string of the molecule is CC.CC.CC1CC1.CCC(C)C(=O)CCl.CCCN(CCC)c1cccc(C(F)F)c1C. The molecule has 33 heavy (non-hydrogen) atoms. The molecule has 1 aromatic rings. The van der Waals surface area contributed by atoms with E-state index in [1.165, 1.54) is 18.9 Å². The van der Waals surface area contributed by atoms with E-state index in [0.717, 1.165) is 44.0 Å². The third kappa shape index (κ3) is 17.9. The normalized spacial score (nSPS) is 12.4. The number of hydrogen-bond acceptors (Lipinski definition) is 2. The van der Waals surface area contributed by atoms with Crippen molar-refractivity contribution in [2.24, 2.45) is 11.8 Å². The lowest BCUT2D eigenvalue weighted by Gasteiger charge is -2.26. The molecule has 0 heterocycles. The number of Topliss-reactive ketones (excluding diaryl/α,β-unsaturated/α-hetero) is 1. The number of hydrogen-bond donors (Lipinski definition) is 0. The fourth-order valence-corrected chi connectivity index (χ4v) is 2.90. The van der Waals surface area contributed by atoms with Crippen molar-refractivity contribution in [3.63, 3.8) is 0 Å². The number of alkyl halides is 3. The topological polar surface area (TPSA) is 20.3 Å². The molecule has 1 aliphatic carbocycles. The van der Waals surface area contributed by atoms with Gasteiger partial charge in [0.25, 0.3) is 6.43 Å². The summed E-state index contributed by atoms with van der Waals surface area (Å²) in [6, 6.07) is 5.17. The fraction of sp³-hybridized carbons (Fsp3) is 0.750. The maximum atomic E-state index is 12.8. The molecule has 0 aliphatic heterocycles. The molecular formula is C28H52ClF2NO. The van der Waals surface area contributed by atoms with Crippen LogP contribution in [0.1, 0.15) is 112 Å². The van der Waals surface area contributed by atoms with Crippen molar-refractivity contribution in [1.82, 2.24) is 0 Å². The van der Waals surface area contributed by atoms with Gasteiger partial charge in [-0.05, 0) is 43.7 Å². The number of carbonyl (C=O) groups is 1. The minimum atomic E-state index is -2.39. The zero-order chi connectivity index (χ0) is 26.4. The highest BCUT2D eigenvalue weighted by Crippen LogP contribution is 2.30. The molecule has 1 aromatic carbocycles. The van der Waals surface area contributed by atoms with Crippen LogP contribution in [0.2, 0.25) is 0 Å². The summed E-state index contributed by atoms with van der Waals surface area (Å²) in [5.74, 6) is 1.54. The van der Waals surface area contributed by atoms with Crippen LogP contribution in [0.4, 0.5) is 14.5 Å². The summed E-state index contributed by atoms with van der Waals surface area (Å²) in [5, 5.41) is 0. The lowest BCUT2D eigenvalue weighted by atomic mass is 10.1. The van der Waals surface area contributed by atoms with Crippen LogP contribution < -0.4 is 4.90 Å². The van der Waals surface area contributed by atoms with Gasteiger partial charge in [-0.3, -0.25) is 4.79 Å². The smallest absolute Gasteiger partial charge is 0.264 e. The van der Waals surface area contributed by atoms with Gasteiger partial charge in [-0.1, -0.05) is 87.3 Å². The van der Waals surface area contributed by atoms with E-state index in [1.807, 2.05) is 47.6 Å². The molecule has 5 heteroatoms. The van der Waals surface area contributed by atoms with Crippen molar-refractivity contribution in [3.05, 3.63) is 29.3 Å². The number of benzene rings is 1. The Kier molecular flexibility index (Phi) is 26.5. The Hall–Kier alpha value is -1.16. The van der Waals surface area contributed by atoms with Crippen LogP contribution >= 0.6 is 11.6 Å². The van der Waals surface area contributed by atoms with E-state index in [2.05, 4.69) is 25.7 Å². The largest absolute Gasteiger partial charge is 0.371 e. The number of nitrogens with zero attached hydrogens (tertiary/aromatic N) is 1. The summed E-state index contributed by atoms with van der Waals surface area (Å²) in [6.07, 6.45) is 3.53. The quantitative estimate of drug-likeness (QED) is 0.320. The molecule has 0 amide bonds. The summed E-state index contributed by atoms with van der Waals surface area (Å²) in [5.41, 5.74) is 1.82. The van der Waals surface area contributed by atoms with Crippen LogP contribution in [0.3, 0.4) is 0 Å². The zero-order valence-corrected chi connectivity index (χ0v) is 23.9. The molecule has 0 saturated heterocycles. The lowest BCUT2D eigenvalue weighted by molar-refractivity contribution is -0.120. The van der Waals surface area contributed by atoms with E-state index in [0.29, 0.717) is 5.56 Å². The Labute approximate surface area is 209 Å². The Morgan fingerprint density at radius 1 is 1.06 bits per heavy atom. The van der Waals surface area contributed by atoms with Gasteiger partial charge in [0.2, 0.25) is 0 Å². The van der Waals surface area contributed by atoms with Gasteiger partial charge in [-0.2, -0.15) is 0 Å². The van der Waals surface area contributed by atoms with Crippen LogP contribution in [0.5, 0.6) is 0 Å². The van der Waals surface area contributed by atoms with Crippen LogP contribution in [0.25, 0.3) is 0 Å². The second-order valence-corrected chi connectivity index (χ2v) is 8.14. The second-order valence-electron chi connectivity index (χ2n) is 7.87. The molecule has 1 saturated carbocycles. The predicted molar refractivity (Wildman–Crippen MR) is 145 cm³/mol. The summed E-state index contributed by atoms with van der Waals surface area (Å²) < 4.78 is 25.6. The van der Waals surface area contributed by atoms with E-state index in [9.17, 15) is 13.6 Å².